The second kappa shape index (κ2) is 6.76. The Balaban J connectivity index is 1.76. The van der Waals surface area contributed by atoms with Gasteiger partial charge in [0.2, 0.25) is 0 Å². The van der Waals surface area contributed by atoms with Crippen molar-refractivity contribution in [3.05, 3.63) is 60.2 Å². The van der Waals surface area contributed by atoms with Crippen LogP contribution in [0.25, 0.3) is 0 Å². The normalized spacial score (nSPS) is 19.4. The maximum absolute atomic E-state index is 12.4. The van der Waals surface area contributed by atoms with E-state index < -0.39 is 15.8 Å². The molecule has 1 heterocycles. The van der Waals surface area contributed by atoms with Gasteiger partial charge in [-0.25, -0.2) is 13.2 Å². The third-order valence-electron chi connectivity index (χ3n) is 3.55. The van der Waals surface area contributed by atoms with Gasteiger partial charge >= 0.3 is 5.97 Å². The summed E-state index contributed by atoms with van der Waals surface area (Å²) >= 11 is 1.44. The minimum Gasteiger partial charge on any atom is -0.423 e. The molecular formula is C17H16O4S2. The second-order valence-electron chi connectivity index (χ2n) is 5.34. The molecule has 1 fully saturated rings. The molecule has 0 aromatic heterocycles. The van der Waals surface area contributed by atoms with Gasteiger partial charge in [0.15, 0.2) is 9.84 Å². The topological polar surface area (TPSA) is 60.4 Å². The molecule has 6 heteroatoms. The first kappa shape index (κ1) is 16.1. The predicted octanol–water partition coefficient (Wildman–Crippen LogP) is 3.19. The number of carbonyl (C=O) groups is 1. The molecule has 0 bridgehead atoms. The summed E-state index contributed by atoms with van der Waals surface area (Å²) < 4.78 is 28.5. The van der Waals surface area contributed by atoms with Gasteiger partial charge in [-0.05, 0) is 30.7 Å². The first-order valence-corrected chi connectivity index (χ1v) is 9.97. The van der Waals surface area contributed by atoms with Crippen molar-refractivity contribution in [3.63, 3.8) is 0 Å². The summed E-state index contributed by atoms with van der Waals surface area (Å²) in [6, 6.07) is 16.0. The van der Waals surface area contributed by atoms with E-state index in [1.807, 2.05) is 18.2 Å². The molecule has 1 atom stereocenters. The van der Waals surface area contributed by atoms with Crippen LogP contribution in [0.4, 0.5) is 0 Å². The van der Waals surface area contributed by atoms with Crippen LogP contribution in [0.1, 0.15) is 16.8 Å². The van der Waals surface area contributed by atoms with E-state index in [4.69, 9.17) is 4.74 Å². The number of carbonyl (C=O) groups excluding carboxylic acids is 1. The summed E-state index contributed by atoms with van der Waals surface area (Å²) in [6.07, 6.45) is 0.620. The van der Waals surface area contributed by atoms with Crippen molar-refractivity contribution in [2.24, 2.45) is 0 Å². The molecule has 0 amide bonds. The van der Waals surface area contributed by atoms with Crippen LogP contribution in [0, 0.1) is 0 Å². The summed E-state index contributed by atoms with van der Waals surface area (Å²) in [5.41, 5.74) is 0.464. The summed E-state index contributed by atoms with van der Waals surface area (Å²) in [5.74, 6) is 0.446. The smallest absolute Gasteiger partial charge is 0.344 e. The molecule has 1 unspecified atom stereocenters. The van der Waals surface area contributed by atoms with Gasteiger partial charge in [-0.2, -0.15) is 0 Å². The van der Waals surface area contributed by atoms with E-state index in [0.717, 1.165) is 4.90 Å². The first-order chi connectivity index (χ1) is 11.0. The van der Waals surface area contributed by atoms with Crippen molar-refractivity contribution in [1.29, 1.82) is 0 Å². The predicted molar refractivity (Wildman–Crippen MR) is 90.8 cm³/mol. The van der Waals surface area contributed by atoms with Gasteiger partial charge in [-0.15, -0.1) is 11.8 Å². The number of sulfone groups is 1. The average Bonchev–Trinajstić information content (AvgIpc) is 2.87. The lowest BCUT2D eigenvalue weighted by Crippen LogP contribution is -2.11. The Labute approximate surface area is 139 Å². The maximum Gasteiger partial charge on any atom is 0.344 e. The van der Waals surface area contributed by atoms with E-state index in [9.17, 15) is 13.2 Å². The molecule has 120 valence electrons. The summed E-state index contributed by atoms with van der Waals surface area (Å²) in [7, 11) is -2.93. The Morgan fingerprint density at radius 1 is 1.04 bits per heavy atom. The van der Waals surface area contributed by atoms with E-state index in [-0.39, 0.29) is 16.8 Å². The molecule has 0 spiro atoms. The summed E-state index contributed by atoms with van der Waals surface area (Å²) in [6.45, 7) is 0. The molecule has 0 aliphatic carbocycles. The van der Waals surface area contributed by atoms with Gasteiger partial charge in [-0.3, -0.25) is 0 Å². The third kappa shape index (κ3) is 4.14. The zero-order valence-electron chi connectivity index (χ0n) is 12.3. The van der Waals surface area contributed by atoms with E-state index in [1.54, 1.807) is 36.4 Å². The minimum absolute atomic E-state index is 0.00863. The molecule has 3 rings (SSSR count). The zero-order valence-corrected chi connectivity index (χ0v) is 14.0. The molecule has 4 nitrogen and oxygen atoms in total. The fourth-order valence-electron chi connectivity index (χ4n) is 2.42. The van der Waals surface area contributed by atoms with Crippen LogP contribution >= 0.6 is 11.8 Å². The van der Waals surface area contributed by atoms with Crippen molar-refractivity contribution in [2.45, 2.75) is 16.6 Å². The highest BCUT2D eigenvalue weighted by molar-refractivity contribution is 8.02. The average molecular weight is 348 g/mol. The van der Waals surface area contributed by atoms with Crippen LogP contribution in [0.15, 0.2) is 59.5 Å². The largest absolute Gasteiger partial charge is 0.423 e. The van der Waals surface area contributed by atoms with Crippen LogP contribution in [0.5, 0.6) is 5.75 Å². The SMILES string of the molecule is O=C(Oc1ccccc1)c1ccccc1SC1CCS(=O)(=O)C1. The van der Waals surface area contributed by atoms with Crippen molar-refractivity contribution in [1.82, 2.24) is 0 Å². The molecule has 2 aromatic carbocycles. The lowest BCUT2D eigenvalue weighted by molar-refractivity contribution is 0.0731. The lowest BCUT2D eigenvalue weighted by Gasteiger charge is -2.12. The second-order valence-corrected chi connectivity index (χ2v) is 8.91. The molecule has 0 N–H and O–H groups in total. The highest BCUT2D eigenvalue weighted by atomic mass is 32.2. The van der Waals surface area contributed by atoms with Gasteiger partial charge in [0, 0.05) is 10.1 Å². The van der Waals surface area contributed by atoms with Crippen LogP contribution < -0.4 is 4.74 Å². The molecule has 2 aromatic rings. The molecule has 0 saturated carbocycles. The number of esters is 1. The standard InChI is InChI=1S/C17H16O4S2/c18-17(21-13-6-2-1-3-7-13)15-8-4-5-9-16(15)22-14-10-11-23(19,20)12-14/h1-9,14H,10-12H2. The number of para-hydroxylation sites is 1. The third-order valence-corrected chi connectivity index (χ3v) is 6.87. The monoisotopic (exact) mass is 348 g/mol. The van der Waals surface area contributed by atoms with Gasteiger partial charge in [0.05, 0.1) is 17.1 Å². The van der Waals surface area contributed by atoms with Crippen LogP contribution in [0.2, 0.25) is 0 Å². The Morgan fingerprint density at radius 2 is 1.74 bits per heavy atom. The van der Waals surface area contributed by atoms with Crippen molar-refractivity contribution in [2.75, 3.05) is 11.5 Å². The minimum atomic E-state index is -2.93. The molecule has 1 saturated heterocycles. The fourth-order valence-corrected chi connectivity index (χ4v) is 6.04. The zero-order chi connectivity index (χ0) is 16.3. The molecular weight excluding hydrogens is 332 g/mol. The quantitative estimate of drug-likeness (QED) is 0.627. The number of hydrogen-bond acceptors (Lipinski definition) is 5. The van der Waals surface area contributed by atoms with Crippen LogP contribution in [0.3, 0.4) is 0 Å². The van der Waals surface area contributed by atoms with Gasteiger partial charge < -0.3 is 4.74 Å². The Hall–Kier alpha value is -1.79. The number of rotatable bonds is 4. The Bertz CT molecular complexity index is 800. The summed E-state index contributed by atoms with van der Waals surface area (Å²) in [5, 5.41) is -0.00863. The Morgan fingerprint density at radius 3 is 2.43 bits per heavy atom. The molecule has 23 heavy (non-hydrogen) atoms. The molecule has 1 aliphatic rings. The number of benzene rings is 2. The van der Waals surface area contributed by atoms with E-state index in [2.05, 4.69) is 0 Å². The lowest BCUT2D eigenvalue weighted by atomic mass is 10.2. The Kier molecular flexibility index (Phi) is 4.73. The van der Waals surface area contributed by atoms with Crippen LogP contribution in [-0.2, 0) is 9.84 Å². The number of hydrogen-bond donors (Lipinski definition) is 0. The van der Waals surface area contributed by atoms with Crippen LogP contribution in [-0.4, -0.2) is 31.1 Å². The molecule has 0 radical (unpaired) electrons. The highest BCUT2D eigenvalue weighted by Gasteiger charge is 2.29. The van der Waals surface area contributed by atoms with Gasteiger partial charge in [0.25, 0.3) is 0 Å². The fraction of sp³-hybridized carbons (Fsp3) is 0.235. The van der Waals surface area contributed by atoms with E-state index in [1.165, 1.54) is 11.8 Å². The number of ether oxygens (including phenoxy) is 1. The van der Waals surface area contributed by atoms with Crippen molar-refractivity contribution >= 4 is 27.6 Å². The summed E-state index contributed by atoms with van der Waals surface area (Å²) in [4.78, 5) is 13.1. The first-order valence-electron chi connectivity index (χ1n) is 7.27. The van der Waals surface area contributed by atoms with Crippen molar-refractivity contribution < 1.29 is 17.9 Å². The number of thioether (sulfide) groups is 1. The highest BCUT2D eigenvalue weighted by Crippen LogP contribution is 2.33. The van der Waals surface area contributed by atoms with E-state index in [0.29, 0.717) is 17.7 Å². The maximum atomic E-state index is 12.4. The van der Waals surface area contributed by atoms with Gasteiger partial charge in [0.1, 0.15) is 5.75 Å². The van der Waals surface area contributed by atoms with E-state index >= 15 is 0 Å². The van der Waals surface area contributed by atoms with Crippen molar-refractivity contribution in [3.8, 4) is 5.75 Å². The molecule has 1 aliphatic heterocycles. The van der Waals surface area contributed by atoms with Gasteiger partial charge in [-0.1, -0.05) is 30.3 Å².